The molecule has 0 aliphatic rings. The van der Waals surface area contributed by atoms with Crippen LogP contribution in [0, 0.1) is 10.1 Å². The number of anilines is 1. The zero-order valence-electron chi connectivity index (χ0n) is 18.7. The van der Waals surface area contributed by atoms with E-state index in [9.17, 15) is 24.5 Å². The smallest absolute Gasteiger partial charge is 0.343 e. The molecule has 0 unspecified atom stereocenters. The highest BCUT2D eigenvalue weighted by Gasteiger charge is 2.16. The van der Waals surface area contributed by atoms with Gasteiger partial charge in [-0.2, -0.15) is 5.10 Å². The molecule has 0 atom stereocenters. The van der Waals surface area contributed by atoms with Crippen LogP contribution >= 0.6 is 0 Å². The molecule has 0 aromatic heterocycles. The molecule has 0 aliphatic carbocycles. The van der Waals surface area contributed by atoms with Gasteiger partial charge in [0.2, 0.25) is 5.91 Å². The normalized spacial score (nSPS) is 10.5. The van der Waals surface area contributed by atoms with Gasteiger partial charge in [-0.15, -0.1) is 0 Å². The predicted molar refractivity (Wildman–Crippen MR) is 127 cm³/mol. The third-order valence-electron chi connectivity index (χ3n) is 4.53. The molecule has 35 heavy (non-hydrogen) atoms. The lowest BCUT2D eigenvalue weighted by Crippen LogP contribution is -2.17. The molecule has 2 amide bonds. The van der Waals surface area contributed by atoms with Gasteiger partial charge in [0.05, 0.1) is 23.8 Å². The molecule has 178 valence electrons. The minimum Gasteiger partial charge on any atom is -0.493 e. The van der Waals surface area contributed by atoms with Crippen molar-refractivity contribution in [2.45, 2.75) is 6.92 Å². The number of carbonyl (C=O) groups is 3. The number of amides is 2. The van der Waals surface area contributed by atoms with Crippen LogP contribution in [0.5, 0.6) is 11.5 Å². The number of non-ortho nitro benzene ring substituents is 1. The van der Waals surface area contributed by atoms with Crippen molar-refractivity contribution in [1.29, 1.82) is 0 Å². The Morgan fingerprint density at radius 3 is 2.37 bits per heavy atom. The third kappa shape index (κ3) is 6.71. The van der Waals surface area contributed by atoms with Crippen molar-refractivity contribution in [2.75, 3.05) is 12.4 Å². The number of nitro groups is 1. The van der Waals surface area contributed by atoms with Crippen molar-refractivity contribution >= 4 is 35.4 Å². The van der Waals surface area contributed by atoms with E-state index in [4.69, 9.17) is 9.47 Å². The Hall–Kier alpha value is -5.06. The number of methoxy groups -OCH3 is 1. The van der Waals surface area contributed by atoms with E-state index in [0.717, 1.165) is 6.07 Å². The van der Waals surface area contributed by atoms with E-state index in [2.05, 4.69) is 15.8 Å². The second-order valence-electron chi connectivity index (χ2n) is 7.06. The Morgan fingerprint density at radius 1 is 0.971 bits per heavy atom. The quantitative estimate of drug-likeness (QED) is 0.166. The zero-order valence-corrected chi connectivity index (χ0v) is 18.7. The number of nitrogens with one attached hydrogen (secondary N) is 2. The lowest BCUT2D eigenvalue weighted by Gasteiger charge is -2.10. The Labute approximate surface area is 199 Å². The molecule has 0 heterocycles. The van der Waals surface area contributed by atoms with E-state index in [1.54, 1.807) is 30.3 Å². The van der Waals surface area contributed by atoms with E-state index in [1.807, 2.05) is 0 Å². The van der Waals surface area contributed by atoms with Crippen molar-refractivity contribution in [2.24, 2.45) is 5.10 Å². The molecular weight excluding hydrogens is 456 g/mol. The highest BCUT2D eigenvalue weighted by Crippen LogP contribution is 2.28. The van der Waals surface area contributed by atoms with Crippen LogP contribution in [0.3, 0.4) is 0 Å². The summed E-state index contributed by atoms with van der Waals surface area (Å²) in [5, 5.41) is 17.4. The summed E-state index contributed by atoms with van der Waals surface area (Å²) in [5.74, 6) is -1.14. The Bertz CT molecular complexity index is 1300. The van der Waals surface area contributed by atoms with Gasteiger partial charge in [0.15, 0.2) is 11.5 Å². The molecule has 3 aromatic rings. The first kappa shape index (κ1) is 24.6. The van der Waals surface area contributed by atoms with Gasteiger partial charge in [0, 0.05) is 30.3 Å². The topological polar surface area (TPSA) is 149 Å². The molecule has 2 N–H and O–H groups in total. The van der Waals surface area contributed by atoms with Crippen molar-refractivity contribution in [3.8, 4) is 11.5 Å². The summed E-state index contributed by atoms with van der Waals surface area (Å²) in [7, 11) is 1.38. The van der Waals surface area contributed by atoms with Gasteiger partial charge in [0.1, 0.15) is 0 Å². The summed E-state index contributed by atoms with van der Waals surface area (Å²) in [6, 6.07) is 16.0. The molecule has 3 rings (SSSR count). The fourth-order valence-corrected chi connectivity index (χ4v) is 2.89. The van der Waals surface area contributed by atoms with Crippen LogP contribution in [0.1, 0.15) is 33.2 Å². The number of hydrogen-bond donors (Lipinski definition) is 2. The molecule has 0 spiro atoms. The number of hydrogen-bond acceptors (Lipinski definition) is 8. The number of carbonyl (C=O) groups excluding carboxylic acids is 3. The first-order chi connectivity index (χ1) is 16.8. The average Bonchev–Trinajstić information content (AvgIpc) is 2.84. The average molecular weight is 476 g/mol. The lowest BCUT2D eigenvalue weighted by molar-refractivity contribution is -0.384. The van der Waals surface area contributed by atoms with Gasteiger partial charge in [-0.25, -0.2) is 10.2 Å². The number of nitrogens with zero attached hydrogens (tertiary/aromatic N) is 2. The minimum atomic E-state index is -0.787. The van der Waals surface area contributed by atoms with Gasteiger partial charge in [-0.3, -0.25) is 19.7 Å². The fourth-order valence-electron chi connectivity index (χ4n) is 2.89. The predicted octanol–water partition coefficient (Wildman–Crippen LogP) is 3.54. The fraction of sp³-hybridized carbons (Fsp3) is 0.0833. The number of esters is 1. The van der Waals surface area contributed by atoms with Crippen molar-refractivity contribution in [3.63, 3.8) is 0 Å². The van der Waals surface area contributed by atoms with Crippen molar-refractivity contribution in [1.82, 2.24) is 5.43 Å². The first-order valence-electron chi connectivity index (χ1n) is 10.1. The standard InChI is InChI=1S/C24H20N4O7/c1-15(29)26-19-9-7-17(8-10-19)23(30)27-25-14-16-6-11-21(22(12-16)34-2)35-24(31)18-4-3-5-20(13-18)28(32)33/h3-14H,1-2H3,(H,26,29)(H,27,30)/b25-14+. The van der Waals surface area contributed by atoms with Crippen LogP contribution in [-0.4, -0.2) is 36.0 Å². The van der Waals surface area contributed by atoms with Crippen LogP contribution in [0.4, 0.5) is 11.4 Å². The van der Waals surface area contributed by atoms with Gasteiger partial charge < -0.3 is 14.8 Å². The summed E-state index contributed by atoms with van der Waals surface area (Å²) in [4.78, 5) is 46.0. The number of ether oxygens (including phenoxy) is 2. The summed E-state index contributed by atoms with van der Waals surface area (Å²) >= 11 is 0. The number of benzene rings is 3. The zero-order chi connectivity index (χ0) is 25.4. The molecule has 0 aliphatic heterocycles. The van der Waals surface area contributed by atoms with E-state index in [-0.39, 0.29) is 28.7 Å². The Kier molecular flexibility index (Phi) is 7.86. The van der Waals surface area contributed by atoms with Crippen LogP contribution in [0.25, 0.3) is 0 Å². The SMILES string of the molecule is COc1cc(/C=N/NC(=O)c2ccc(NC(C)=O)cc2)ccc1OC(=O)c1cccc([N+](=O)[O-])c1. The van der Waals surface area contributed by atoms with E-state index >= 15 is 0 Å². The van der Waals surface area contributed by atoms with Gasteiger partial charge in [0.25, 0.3) is 11.6 Å². The van der Waals surface area contributed by atoms with E-state index in [1.165, 1.54) is 50.6 Å². The van der Waals surface area contributed by atoms with Crippen LogP contribution in [0.15, 0.2) is 71.8 Å². The summed E-state index contributed by atoms with van der Waals surface area (Å²) < 4.78 is 10.6. The summed E-state index contributed by atoms with van der Waals surface area (Å²) in [6.07, 6.45) is 1.37. The molecule has 0 bridgehead atoms. The second-order valence-corrected chi connectivity index (χ2v) is 7.06. The minimum absolute atomic E-state index is 0.0136. The Balaban J connectivity index is 1.65. The summed E-state index contributed by atoms with van der Waals surface area (Å²) in [6.45, 7) is 1.39. The molecule has 0 saturated heterocycles. The molecular formula is C24H20N4O7. The summed E-state index contributed by atoms with van der Waals surface area (Å²) in [5.41, 5.74) is 3.62. The van der Waals surface area contributed by atoms with Crippen LogP contribution < -0.4 is 20.2 Å². The maximum atomic E-state index is 12.4. The number of hydrazone groups is 1. The maximum absolute atomic E-state index is 12.4. The molecule has 0 saturated carbocycles. The largest absolute Gasteiger partial charge is 0.493 e. The van der Waals surface area contributed by atoms with Crippen molar-refractivity contribution < 1.29 is 28.8 Å². The monoisotopic (exact) mass is 476 g/mol. The third-order valence-corrected chi connectivity index (χ3v) is 4.53. The number of rotatable bonds is 8. The first-order valence-corrected chi connectivity index (χ1v) is 10.1. The van der Waals surface area contributed by atoms with Crippen molar-refractivity contribution in [3.05, 3.63) is 93.5 Å². The molecule has 0 radical (unpaired) electrons. The number of nitro benzene ring substituents is 1. The maximum Gasteiger partial charge on any atom is 0.343 e. The second kappa shape index (κ2) is 11.2. The highest BCUT2D eigenvalue weighted by atomic mass is 16.6. The van der Waals surface area contributed by atoms with Gasteiger partial charge >= 0.3 is 5.97 Å². The molecule has 11 heteroatoms. The Morgan fingerprint density at radius 2 is 1.71 bits per heavy atom. The lowest BCUT2D eigenvalue weighted by atomic mass is 10.2. The highest BCUT2D eigenvalue weighted by molar-refractivity contribution is 5.96. The molecule has 0 fully saturated rings. The van der Waals surface area contributed by atoms with E-state index < -0.39 is 16.8 Å². The molecule has 11 nitrogen and oxygen atoms in total. The van der Waals surface area contributed by atoms with Crippen LogP contribution in [0.2, 0.25) is 0 Å². The van der Waals surface area contributed by atoms with E-state index in [0.29, 0.717) is 16.8 Å². The van der Waals surface area contributed by atoms with Gasteiger partial charge in [-0.05, 0) is 54.1 Å². The molecule has 3 aromatic carbocycles. The van der Waals surface area contributed by atoms with Gasteiger partial charge in [-0.1, -0.05) is 6.07 Å². The van der Waals surface area contributed by atoms with Crippen LogP contribution in [-0.2, 0) is 4.79 Å².